The third-order valence-electron chi connectivity index (χ3n) is 5.50. The number of benzene rings is 2. The molecular weight excluding hydrogens is 507 g/mol. The molecular formula is C22H21Cl3N4O3S. The first-order valence-corrected chi connectivity index (χ1v) is 12.8. The number of nitrogens with one attached hydrogen (secondary N) is 1. The molecule has 1 N–H and O–H groups in total. The average molecular weight is 528 g/mol. The molecule has 2 aromatic carbocycles. The number of rotatable bonds is 6. The zero-order chi connectivity index (χ0) is 23.6. The van der Waals surface area contributed by atoms with Crippen LogP contribution in [0.15, 0.2) is 59.6 Å². The smallest absolute Gasteiger partial charge is 0.243 e. The molecule has 1 aromatic heterocycles. The summed E-state index contributed by atoms with van der Waals surface area (Å²) in [5, 5.41) is 8.65. The number of piperidine rings is 1. The van der Waals surface area contributed by atoms with Crippen LogP contribution in [-0.2, 0) is 21.4 Å². The normalized spacial score (nSPS) is 15.5. The molecule has 2 heterocycles. The number of nitrogens with zero attached hydrogens (tertiary/aromatic N) is 3. The zero-order valence-corrected chi connectivity index (χ0v) is 20.5. The van der Waals surface area contributed by atoms with Gasteiger partial charge in [0.25, 0.3) is 0 Å². The second-order valence-corrected chi connectivity index (χ2v) is 11.0. The van der Waals surface area contributed by atoms with Crippen molar-refractivity contribution < 1.29 is 13.2 Å². The summed E-state index contributed by atoms with van der Waals surface area (Å²) in [5.41, 5.74) is 0.930. The van der Waals surface area contributed by atoms with Gasteiger partial charge in [-0.15, -0.1) is 0 Å². The van der Waals surface area contributed by atoms with Crippen LogP contribution in [0.5, 0.6) is 0 Å². The third kappa shape index (κ3) is 5.70. The van der Waals surface area contributed by atoms with Crippen LogP contribution >= 0.6 is 34.8 Å². The summed E-state index contributed by atoms with van der Waals surface area (Å²) in [4.78, 5) is 12.9. The van der Waals surface area contributed by atoms with Crippen molar-refractivity contribution in [1.82, 2.24) is 14.1 Å². The number of hydrogen-bond acceptors (Lipinski definition) is 4. The Labute approximate surface area is 207 Å². The van der Waals surface area contributed by atoms with Crippen LogP contribution in [0.25, 0.3) is 0 Å². The fourth-order valence-corrected chi connectivity index (χ4v) is 5.60. The lowest BCUT2D eigenvalue weighted by atomic mass is 9.97. The molecule has 0 bridgehead atoms. The van der Waals surface area contributed by atoms with E-state index in [0.29, 0.717) is 40.3 Å². The summed E-state index contributed by atoms with van der Waals surface area (Å²) in [7, 11) is -3.61. The first kappa shape index (κ1) is 24.0. The monoisotopic (exact) mass is 526 g/mol. The van der Waals surface area contributed by atoms with E-state index in [-0.39, 0.29) is 29.8 Å². The fraction of sp³-hybridized carbons (Fsp3) is 0.273. The average Bonchev–Trinajstić information content (AvgIpc) is 3.23. The summed E-state index contributed by atoms with van der Waals surface area (Å²) >= 11 is 17.9. The number of sulfonamides is 1. The molecule has 0 saturated carbocycles. The summed E-state index contributed by atoms with van der Waals surface area (Å²) < 4.78 is 28.7. The van der Waals surface area contributed by atoms with Gasteiger partial charge in [0.05, 0.1) is 21.5 Å². The van der Waals surface area contributed by atoms with Gasteiger partial charge in [-0.1, -0.05) is 40.9 Å². The molecule has 0 unspecified atom stereocenters. The molecule has 0 aliphatic carbocycles. The van der Waals surface area contributed by atoms with Crippen molar-refractivity contribution in [2.75, 3.05) is 18.4 Å². The first-order valence-electron chi connectivity index (χ1n) is 10.3. The summed E-state index contributed by atoms with van der Waals surface area (Å²) in [6, 6.07) is 13.2. The lowest BCUT2D eigenvalue weighted by Crippen LogP contribution is -2.41. The SMILES string of the molecule is O=C(Nc1ccn(Cc2ccc(Cl)c(Cl)c2)n1)C1CCN(S(=O)(=O)c2ccc(Cl)cc2)CC1. The van der Waals surface area contributed by atoms with E-state index in [0.717, 1.165) is 5.56 Å². The number of halogens is 3. The quantitative estimate of drug-likeness (QED) is 0.493. The number of anilines is 1. The van der Waals surface area contributed by atoms with Crippen LogP contribution in [0.4, 0.5) is 5.82 Å². The van der Waals surface area contributed by atoms with Gasteiger partial charge in [0.15, 0.2) is 5.82 Å². The molecule has 0 spiro atoms. The van der Waals surface area contributed by atoms with Crippen LogP contribution in [0.3, 0.4) is 0 Å². The zero-order valence-electron chi connectivity index (χ0n) is 17.4. The minimum atomic E-state index is -3.61. The molecule has 11 heteroatoms. The maximum atomic E-state index is 12.8. The van der Waals surface area contributed by atoms with Crippen LogP contribution in [0.2, 0.25) is 15.1 Å². The van der Waals surface area contributed by atoms with Crippen molar-refractivity contribution in [3.05, 3.63) is 75.4 Å². The standard InChI is InChI=1S/C22H21Cl3N4O3S/c23-17-2-4-18(5-3-17)33(31,32)29-11-7-16(8-12-29)22(30)26-21-9-10-28(27-21)14-15-1-6-19(24)20(25)13-15/h1-6,9-10,13,16H,7-8,11-12,14H2,(H,26,27,30). The minimum Gasteiger partial charge on any atom is -0.309 e. The highest BCUT2D eigenvalue weighted by Crippen LogP contribution is 2.26. The summed E-state index contributed by atoms with van der Waals surface area (Å²) in [6.45, 7) is 1.03. The van der Waals surface area contributed by atoms with E-state index >= 15 is 0 Å². The van der Waals surface area contributed by atoms with Crippen molar-refractivity contribution in [3.63, 3.8) is 0 Å². The molecule has 1 amide bonds. The van der Waals surface area contributed by atoms with E-state index in [1.165, 1.54) is 16.4 Å². The number of carbonyl (C=O) groups is 1. The largest absolute Gasteiger partial charge is 0.309 e. The van der Waals surface area contributed by atoms with Gasteiger partial charge >= 0.3 is 0 Å². The molecule has 1 aliphatic heterocycles. The molecule has 0 radical (unpaired) electrons. The summed E-state index contributed by atoms with van der Waals surface area (Å²) in [5.74, 6) is -0.0171. The van der Waals surface area contributed by atoms with E-state index in [1.807, 2.05) is 6.07 Å². The Morgan fingerprint density at radius 3 is 2.36 bits per heavy atom. The van der Waals surface area contributed by atoms with Gasteiger partial charge < -0.3 is 5.32 Å². The van der Waals surface area contributed by atoms with Crippen molar-refractivity contribution in [2.45, 2.75) is 24.3 Å². The van der Waals surface area contributed by atoms with Crippen LogP contribution in [-0.4, -0.2) is 41.5 Å². The third-order valence-corrected chi connectivity index (χ3v) is 8.40. The number of aromatic nitrogens is 2. The van der Waals surface area contributed by atoms with Gasteiger partial charge in [-0.3, -0.25) is 9.48 Å². The maximum Gasteiger partial charge on any atom is 0.243 e. The van der Waals surface area contributed by atoms with E-state index in [4.69, 9.17) is 34.8 Å². The fourth-order valence-electron chi connectivity index (χ4n) is 3.68. The first-order chi connectivity index (χ1) is 15.7. The van der Waals surface area contributed by atoms with Crippen molar-refractivity contribution >= 4 is 56.6 Å². The van der Waals surface area contributed by atoms with E-state index in [2.05, 4.69) is 10.4 Å². The highest BCUT2D eigenvalue weighted by Gasteiger charge is 2.32. The van der Waals surface area contributed by atoms with Crippen molar-refractivity contribution in [3.8, 4) is 0 Å². The molecule has 33 heavy (non-hydrogen) atoms. The van der Waals surface area contributed by atoms with E-state index in [1.54, 1.807) is 41.2 Å². The molecule has 7 nitrogen and oxygen atoms in total. The Morgan fingerprint density at radius 1 is 1.00 bits per heavy atom. The molecule has 174 valence electrons. The van der Waals surface area contributed by atoms with Gasteiger partial charge in [0.1, 0.15) is 0 Å². The van der Waals surface area contributed by atoms with E-state index < -0.39 is 10.0 Å². The maximum absolute atomic E-state index is 12.8. The van der Waals surface area contributed by atoms with Crippen molar-refractivity contribution in [1.29, 1.82) is 0 Å². The topological polar surface area (TPSA) is 84.3 Å². The molecule has 4 rings (SSSR count). The van der Waals surface area contributed by atoms with Gasteiger partial charge in [-0.25, -0.2) is 8.42 Å². The second-order valence-electron chi connectivity index (χ2n) is 7.77. The van der Waals surface area contributed by atoms with Gasteiger partial charge in [0.2, 0.25) is 15.9 Å². The molecule has 1 saturated heterocycles. The van der Waals surface area contributed by atoms with Crippen LogP contribution in [0.1, 0.15) is 18.4 Å². The Kier molecular flexibility index (Phi) is 7.31. The molecule has 3 aromatic rings. The molecule has 1 fully saturated rings. The van der Waals surface area contributed by atoms with Crippen LogP contribution in [0, 0.1) is 5.92 Å². The number of amides is 1. The van der Waals surface area contributed by atoms with Gasteiger partial charge in [-0.05, 0) is 54.8 Å². The lowest BCUT2D eigenvalue weighted by molar-refractivity contribution is -0.120. The number of hydrogen-bond donors (Lipinski definition) is 1. The predicted molar refractivity (Wildman–Crippen MR) is 129 cm³/mol. The van der Waals surface area contributed by atoms with Gasteiger partial charge in [-0.2, -0.15) is 9.40 Å². The molecule has 0 atom stereocenters. The molecule has 1 aliphatic rings. The van der Waals surface area contributed by atoms with Gasteiger partial charge in [0, 0.05) is 36.3 Å². The number of carbonyl (C=O) groups excluding carboxylic acids is 1. The Bertz CT molecular complexity index is 1250. The Morgan fingerprint density at radius 2 is 1.70 bits per heavy atom. The van der Waals surface area contributed by atoms with Crippen molar-refractivity contribution in [2.24, 2.45) is 5.92 Å². The lowest BCUT2D eigenvalue weighted by Gasteiger charge is -2.30. The second kappa shape index (κ2) is 10.0. The highest BCUT2D eigenvalue weighted by atomic mass is 35.5. The minimum absolute atomic E-state index is 0.168. The predicted octanol–water partition coefficient (Wildman–Crippen LogP) is 4.93. The van der Waals surface area contributed by atoms with E-state index in [9.17, 15) is 13.2 Å². The Balaban J connectivity index is 1.32. The highest BCUT2D eigenvalue weighted by molar-refractivity contribution is 7.89. The Hall–Kier alpha value is -2.10. The summed E-state index contributed by atoms with van der Waals surface area (Å²) in [6.07, 6.45) is 2.63. The van der Waals surface area contributed by atoms with Crippen LogP contribution < -0.4 is 5.32 Å².